The minimum Gasteiger partial charge on any atom is -0.482 e. The Kier molecular flexibility index (Phi) is 6.23. The summed E-state index contributed by atoms with van der Waals surface area (Å²) in [5, 5.41) is 2.70. The van der Waals surface area contributed by atoms with Crippen LogP contribution in [0.25, 0.3) is 0 Å². The Bertz CT molecular complexity index is 972. The second-order valence-electron chi connectivity index (χ2n) is 8.41. The molecule has 3 aliphatic heterocycles. The van der Waals surface area contributed by atoms with E-state index in [0.717, 1.165) is 19.6 Å². The first-order valence-corrected chi connectivity index (χ1v) is 12.3. The number of benzene rings is 1. The largest absolute Gasteiger partial charge is 0.482 e. The number of anilines is 1. The summed E-state index contributed by atoms with van der Waals surface area (Å²) in [5.41, 5.74) is 1.01. The van der Waals surface area contributed by atoms with Crippen molar-refractivity contribution in [3.8, 4) is 5.75 Å². The summed E-state index contributed by atoms with van der Waals surface area (Å²) in [7, 11) is -3.79. The topological polar surface area (TPSA) is 99.3 Å². The highest BCUT2D eigenvalue weighted by molar-refractivity contribution is 7.89. The number of aryl methyl sites for hydroxylation is 1. The van der Waals surface area contributed by atoms with Gasteiger partial charge >= 0.3 is 0 Å². The van der Waals surface area contributed by atoms with Gasteiger partial charge in [0.1, 0.15) is 5.75 Å². The number of fused-ring (bicyclic) bond motifs is 1. The highest BCUT2D eigenvalue weighted by atomic mass is 32.2. The van der Waals surface area contributed by atoms with E-state index in [1.807, 2.05) is 4.90 Å². The standard InChI is InChI=1S/C21H30N4O5S/c1-3-23-7-9-24(10-8-23)21(27)16-5-4-6-25(13-16)31(28,29)19-12-18-17(11-15(19)2)22-20(26)14-30-18/h11-12,16H,3-10,13-14H2,1-2H3,(H,22,26)/t16-/m1/s1. The lowest BCUT2D eigenvalue weighted by Gasteiger charge is -2.38. The van der Waals surface area contributed by atoms with Gasteiger partial charge in [0.2, 0.25) is 15.9 Å². The Labute approximate surface area is 183 Å². The molecule has 3 heterocycles. The first-order chi connectivity index (χ1) is 14.8. The molecule has 3 aliphatic rings. The van der Waals surface area contributed by atoms with Gasteiger partial charge in [-0.15, -0.1) is 0 Å². The number of piperazine rings is 1. The van der Waals surface area contributed by atoms with Crippen molar-refractivity contribution in [3.63, 3.8) is 0 Å². The molecule has 1 aromatic carbocycles. The summed E-state index contributed by atoms with van der Waals surface area (Å²) in [5.74, 6) is -0.170. The van der Waals surface area contributed by atoms with Crippen LogP contribution >= 0.6 is 0 Å². The number of nitrogens with one attached hydrogen (secondary N) is 1. The van der Waals surface area contributed by atoms with Gasteiger partial charge in [0.15, 0.2) is 6.61 Å². The van der Waals surface area contributed by atoms with Gasteiger partial charge in [0.05, 0.1) is 16.5 Å². The fraction of sp³-hybridized carbons (Fsp3) is 0.619. The third-order valence-corrected chi connectivity index (χ3v) is 8.40. The molecule has 2 amide bonds. The van der Waals surface area contributed by atoms with E-state index >= 15 is 0 Å². The van der Waals surface area contributed by atoms with Crippen molar-refractivity contribution < 1.29 is 22.7 Å². The second kappa shape index (κ2) is 8.76. The third-order valence-electron chi connectivity index (χ3n) is 6.39. The number of carbonyl (C=O) groups is 2. The van der Waals surface area contributed by atoms with E-state index in [9.17, 15) is 18.0 Å². The monoisotopic (exact) mass is 450 g/mol. The van der Waals surface area contributed by atoms with Crippen molar-refractivity contribution >= 4 is 27.5 Å². The molecule has 1 atom stereocenters. The lowest BCUT2D eigenvalue weighted by atomic mass is 9.98. The molecule has 1 aromatic rings. The Morgan fingerprint density at radius 2 is 1.94 bits per heavy atom. The molecule has 31 heavy (non-hydrogen) atoms. The van der Waals surface area contributed by atoms with Gasteiger partial charge in [-0.2, -0.15) is 4.31 Å². The number of ether oxygens (including phenoxy) is 1. The number of hydrogen-bond donors (Lipinski definition) is 1. The molecule has 170 valence electrons. The van der Waals surface area contributed by atoms with Gasteiger partial charge in [-0.25, -0.2) is 8.42 Å². The normalized spacial score (nSPS) is 23.1. The quantitative estimate of drug-likeness (QED) is 0.732. The van der Waals surface area contributed by atoms with Crippen molar-refractivity contribution in [3.05, 3.63) is 17.7 Å². The molecule has 9 nitrogen and oxygen atoms in total. The molecule has 0 saturated carbocycles. The van der Waals surface area contributed by atoms with E-state index < -0.39 is 10.0 Å². The second-order valence-corrected chi connectivity index (χ2v) is 10.3. The number of amides is 2. The maximum atomic E-state index is 13.4. The summed E-state index contributed by atoms with van der Waals surface area (Å²) in [6.45, 7) is 8.37. The smallest absolute Gasteiger partial charge is 0.262 e. The number of piperidine rings is 1. The number of hydrogen-bond acceptors (Lipinski definition) is 6. The zero-order valence-corrected chi connectivity index (χ0v) is 18.9. The van der Waals surface area contributed by atoms with Crippen LogP contribution in [0.2, 0.25) is 0 Å². The molecule has 0 aliphatic carbocycles. The number of rotatable bonds is 4. The van der Waals surface area contributed by atoms with Crippen molar-refractivity contribution in [2.45, 2.75) is 31.6 Å². The lowest BCUT2D eigenvalue weighted by molar-refractivity contribution is -0.138. The van der Waals surface area contributed by atoms with Gasteiger partial charge < -0.3 is 19.9 Å². The van der Waals surface area contributed by atoms with Gasteiger partial charge in [0, 0.05) is 45.3 Å². The summed E-state index contributed by atoms with van der Waals surface area (Å²) in [4.78, 5) is 29.0. The molecular formula is C21H30N4O5S. The summed E-state index contributed by atoms with van der Waals surface area (Å²) < 4.78 is 33.7. The average molecular weight is 451 g/mol. The van der Waals surface area contributed by atoms with E-state index in [2.05, 4.69) is 17.1 Å². The van der Waals surface area contributed by atoms with Crippen LogP contribution in [0.5, 0.6) is 5.75 Å². The predicted molar refractivity (Wildman–Crippen MR) is 115 cm³/mol. The highest BCUT2D eigenvalue weighted by Crippen LogP contribution is 2.35. The van der Waals surface area contributed by atoms with Crippen molar-refractivity contribution in [1.29, 1.82) is 0 Å². The zero-order chi connectivity index (χ0) is 22.2. The third kappa shape index (κ3) is 4.42. The van der Waals surface area contributed by atoms with Crippen LogP contribution in [-0.2, 0) is 19.6 Å². The molecule has 0 aromatic heterocycles. The first kappa shape index (κ1) is 22.0. The van der Waals surface area contributed by atoms with Crippen LogP contribution in [0.3, 0.4) is 0 Å². The van der Waals surface area contributed by atoms with Gasteiger partial charge in [-0.1, -0.05) is 6.92 Å². The zero-order valence-electron chi connectivity index (χ0n) is 18.1. The molecule has 0 bridgehead atoms. The fourth-order valence-electron chi connectivity index (χ4n) is 4.54. The van der Waals surface area contributed by atoms with Crippen LogP contribution in [0, 0.1) is 12.8 Å². The van der Waals surface area contributed by atoms with Crippen molar-refractivity contribution in [2.75, 3.05) is 57.7 Å². The molecule has 2 saturated heterocycles. The molecule has 0 unspecified atom stereocenters. The average Bonchev–Trinajstić information content (AvgIpc) is 2.78. The summed E-state index contributed by atoms with van der Waals surface area (Å²) >= 11 is 0. The number of likely N-dealkylation sites (N-methyl/N-ethyl adjacent to an activating group) is 1. The fourth-order valence-corrected chi connectivity index (χ4v) is 6.28. The molecule has 0 radical (unpaired) electrons. The van der Waals surface area contributed by atoms with E-state index in [1.165, 1.54) is 10.4 Å². The van der Waals surface area contributed by atoms with Crippen LogP contribution in [0.1, 0.15) is 25.3 Å². The Morgan fingerprint density at radius 1 is 1.19 bits per heavy atom. The summed E-state index contributed by atoms with van der Waals surface area (Å²) in [6, 6.07) is 3.11. The lowest BCUT2D eigenvalue weighted by Crippen LogP contribution is -2.52. The Balaban J connectivity index is 1.50. The maximum Gasteiger partial charge on any atom is 0.262 e. The van der Waals surface area contributed by atoms with Gasteiger partial charge in [0.25, 0.3) is 5.91 Å². The van der Waals surface area contributed by atoms with Crippen LogP contribution in [0.4, 0.5) is 5.69 Å². The minimum atomic E-state index is -3.79. The van der Waals surface area contributed by atoms with E-state index in [4.69, 9.17) is 4.74 Å². The molecule has 2 fully saturated rings. The Hall–Kier alpha value is -2.17. The van der Waals surface area contributed by atoms with Crippen LogP contribution < -0.4 is 10.1 Å². The predicted octanol–water partition coefficient (Wildman–Crippen LogP) is 0.891. The molecule has 4 rings (SSSR count). The van der Waals surface area contributed by atoms with Gasteiger partial charge in [-0.05, 0) is 37.9 Å². The first-order valence-electron chi connectivity index (χ1n) is 10.9. The van der Waals surface area contributed by atoms with Crippen LogP contribution in [0.15, 0.2) is 17.0 Å². The van der Waals surface area contributed by atoms with Crippen LogP contribution in [-0.4, -0.2) is 86.8 Å². The maximum absolute atomic E-state index is 13.4. The number of sulfonamides is 1. The van der Waals surface area contributed by atoms with Gasteiger partial charge in [-0.3, -0.25) is 9.59 Å². The molecule has 1 N–H and O–H groups in total. The highest BCUT2D eigenvalue weighted by Gasteiger charge is 2.37. The number of nitrogens with zero attached hydrogens (tertiary/aromatic N) is 3. The Morgan fingerprint density at radius 3 is 2.65 bits per heavy atom. The SMILES string of the molecule is CCN1CCN(C(=O)[C@@H]2CCCN(S(=O)(=O)c3cc4c(cc3C)NC(=O)CO4)C2)CC1. The number of carbonyl (C=O) groups excluding carboxylic acids is 2. The minimum absolute atomic E-state index is 0.0591. The van der Waals surface area contributed by atoms with Crippen molar-refractivity contribution in [1.82, 2.24) is 14.1 Å². The van der Waals surface area contributed by atoms with E-state index in [0.29, 0.717) is 49.5 Å². The molecule has 0 spiro atoms. The van der Waals surface area contributed by atoms with Crippen molar-refractivity contribution in [2.24, 2.45) is 5.92 Å². The molecule has 10 heteroatoms. The summed E-state index contributed by atoms with van der Waals surface area (Å²) in [6.07, 6.45) is 1.36. The molecular weight excluding hydrogens is 420 g/mol. The van der Waals surface area contributed by atoms with E-state index in [-0.39, 0.29) is 35.8 Å². The van der Waals surface area contributed by atoms with E-state index in [1.54, 1.807) is 13.0 Å².